The van der Waals surface area contributed by atoms with E-state index in [0.29, 0.717) is 12.1 Å². The summed E-state index contributed by atoms with van der Waals surface area (Å²) < 4.78 is 5.93. The van der Waals surface area contributed by atoms with Gasteiger partial charge in [-0.05, 0) is 61.1 Å². The van der Waals surface area contributed by atoms with Gasteiger partial charge < -0.3 is 15.0 Å². The molecule has 0 fully saturated rings. The molecule has 0 saturated carbocycles. The molecule has 35 heavy (non-hydrogen) atoms. The van der Waals surface area contributed by atoms with Gasteiger partial charge >= 0.3 is 0 Å². The van der Waals surface area contributed by atoms with Gasteiger partial charge in [-0.2, -0.15) is 10.5 Å². The van der Waals surface area contributed by atoms with Crippen LogP contribution < -0.4 is 5.32 Å². The maximum absolute atomic E-state index is 13.3. The number of hydrogen-bond acceptors (Lipinski definition) is 7. The minimum absolute atomic E-state index is 0.0736. The van der Waals surface area contributed by atoms with E-state index in [2.05, 4.69) is 16.3 Å². The highest BCUT2D eigenvalue weighted by Gasteiger charge is 2.42. The zero-order chi connectivity index (χ0) is 24.6. The number of nitriles is 2. The summed E-state index contributed by atoms with van der Waals surface area (Å²) in [6, 6.07) is 11.0. The van der Waals surface area contributed by atoms with Gasteiger partial charge in [-0.3, -0.25) is 9.59 Å². The number of nitrogens with one attached hydrogen (secondary N) is 1. The van der Waals surface area contributed by atoms with Crippen LogP contribution in [0, 0.1) is 28.6 Å². The van der Waals surface area contributed by atoms with Crippen LogP contribution in [-0.4, -0.2) is 41.7 Å². The van der Waals surface area contributed by atoms with Crippen LogP contribution >= 0.6 is 0 Å². The Bertz CT molecular complexity index is 1290. The molecule has 0 radical (unpaired) electrons. The van der Waals surface area contributed by atoms with Crippen molar-refractivity contribution in [1.82, 2.24) is 4.90 Å². The fourth-order valence-corrected chi connectivity index (χ4v) is 5.32. The SMILES string of the molecule is CC(C#N)(C#N)Nc1ccc(C=CC(=O)C2C(=O)COC3=C2CC2=CCCN4CCCC3=C24)cc1. The summed E-state index contributed by atoms with van der Waals surface area (Å²) in [5.41, 5.74) is 4.52. The first-order valence-corrected chi connectivity index (χ1v) is 11.9. The molecule has 0 saturated heterocycles. The summed E-state index contributed by atoms with van der Waals surface area (Å²) in [7, 11) is 0. The number of allylic oxidation sites excluding steroid dienone is 4. The summed E-state index contributed by atoms with van der Waals surface area (Å²) in [4.78, 5) is 28.5. The van der Waals surface area contributed by atoms with E-state index in [0.717, 1.165) is 54.8 Å². The van der Waals surface area contributed by atoms with Crippen LogP contribution in [0.4, 0.5) is 5.69 Å². The molecule has 1 aromatic rings. The van der Waals surface area contributed by atoms with Crippen LogP contribution in [0.3, 0.4) is 0 Å². The lowest BCUT2D eigenvalue weighted by atomic mass is 9.75. The van der Waals surface area contributed by atoms with Crippen molar-refractivity contribution >= 4 is 23.3 Å². The van der Waals surface area contributed by atoms with Crippen molar-refractivity contribution in [3.05, 3.63) is 70.2 Å². The fourth-order valence-electron chi connectivity index (χ4n) is 5.32. The number of anilines is 1. The summed E-state index contributed by atoms with van der Waals surface area (Å²) in [5.74, 6) is -0.472. The van der Waals surface area contributed by atoms with E-state index in [1.165, 1.54) is 24.3 Å². The summed E-state index contributed by atoms with van der Waals surface area (Å²) in [5, 5.41) is 21.2. The topological polar surface area (TPSA) is 106 Å². The molecule has 176 valence electrons. The zero-order valence-corrected chi connectivity index (χ0v) is 19.6. The monoisotopic (exact) mass is 466 g/mol. The molecular weight excluding hydrogens is 440 g/mol. The molecule has 0 spiro atoms. The van der Waals surface area contributed by atoms with Gasteiger partial charge in [-0.1, -0.05) is 24.3 Å². The van der Waals surface area contributed by atoms with Crippen molar-refractivity contribution in [3.63, 3.8) is 0 Å². The number of carbonyl (C=O) groups is 2. The molecule has 7 nitrogen and oxygen atoms in total. The van der Waals surface area contributed by atoms with Crippen LogP contribution in [0.15, 0.2) is 64.6 Å². The van der Waals surface area contributed by atoms with Crippen LogP contribution in [0.25, 0.3) is 6.08 Å². The number of hydrogen-bond donors (Lipinski definition) is 1. The molecule has 1 atom stereocenters. The Morgan fingerprint density at radius 3 is 2.74 bits per heavy atom. The van der Waals surface area contributed by atoms with E-state index < -0.39 is 11.5 Å². The molecule has 7 heteroatoms. The van der Waals surface area contributed by atoms with Gasteiger partial charge in [-0.15, -0.1) is 0 Å². The lowest BCUT2D eigenvalue weighted by Gasteiger charge is -2.43. The predicted molar refractivity (Wildman–Crippen MR) is 130 cm³/mol. The highest BCUT2D eigenvalue weighted by molar-refractivity contribution is 6.12. The molecule has 0 aromatic heterocycles. The van der Waals surface area contributed by atoms with Crippen molar-refractivity contribution in [2.45, 2.75) is 38.1 Å². The van der Waals surface area contributed by atoms with Gasteiger partial charge in [-0.25, -0.2) is 0 Å². The van der Waals surface area contributed by atoms with E-state index in [1.54, 1.807) is 30.3 Å². The molecule has 3 heterocycles. The second-order valence-electron chi connectivity index (χ2n) is 9.49. The third-order valence-electron chi connectivity index (χ3n) is 7.00. The van der Waals surface area contributed by atoms with Crippen molar-refractivity contribution in [2.75, 3.05) is 25.0 Å². The van der Waals surface area contributed by atoms with Gasteiger partial charge in [0.05, 0.1) is 0 Å². The first-order valence-electron chi connectivity index (χ1n) is 11.9. The van der Waals surface area contributed by atoms with Gasteiger partial charge in [0.1, 0.15) is 30.4 Å². The molecular formula is C28H26N4O3. The highest BCUT2D eigenvalue weighted by Crippen LogP contribution is 2.46. The lowest BCUT2D eigenvalue weighted by Crippen LogP contribution is -2.40. The molecule has 1 N–H and O–H groups in total. The minimum atomic E-state index is -1.32. The van der Waals surface area contributed by atoms with Crippen molar-refractivity contribution in [3.8, 4) is 12.1 Å². The number of benzene rings is 1. The molecule has 3 aliphatic heterocycles. The number of ether oxygens (including phenoxy) is 1. The van der Waals surface area contributed by atoms with E-state index in [4.69, 9.17) is 15.3 Å². The third-order valence-corrected chi connectivity index (χ3v) is 7.00. The Labute approximate surface area is 204 Å². The average molecular weight is 467 g/mol. The van der Waals surface area contributed by atoms with Gasteiger partial charge in [0.25, 0.3) is 0 Å². The van der Waals surface area contributed by atoms with Crippen LogP contribution in [0.2, 0.25) is 0 Å². The van der Waals surface area contributed by atoms with E-state index in [1.807, 2.05) is 12.1 Å². The Hall–Kier alpha value is -4.10. The lowest BCUT2D eigenvalue weighted by molar-refractivity contribution is -0.132. The third kappa shape index (κ3) is 4.15. The zero-order valence-electron chi connectivity index (χ0n) is 19.6. The molecule has 4 aliphatic rings. The number of rotatable bonds is 5. The van der Waals surface area contributed by atoms with Gasteiger partial charge in [0.15, 0.2) is 11.6 Å². The smallest absolute Gasteiger partial charge is 0.209 e. The number of fused-ring (bicyclic) bond motifs is 1. The van der Waals surface area contributed by atoms with E-state index in [-0.39, 0.29) is 18.2 Å². The van der Waals surface area contributed by atoms with Crippen LogP contribution in [0.1, 0.15) is 38.2 Å². The normalized spacial score (nSPS) is 21.5. The fraction of sp³-hybridized carbons (Fsp3) is 0.357. The second kappa shape index (κ2) is 8.92. The van der Waals surface area contributed by atoms with Crippen molar-refractivity contribution < 1.29 is 14.3 Å². The summed E-state index contributed by atoms with van der Waals surface area (Å²) >= 11 is 0. The van der Waals surface area contributed by atoms with Crippen LogP contribution in [0.5, 0.6) is 0 Å². The highest BCUT2D eigenvalue weighted by atomic mass is 16.5. The molecule has 0 bridgehead atoms. The van der Waals surface area contributed by atoms with E-state index in [9.17, 15) is 9.59 Å². The quantitative estimate of drug-likeness (QED) is 0.516. The second-order valence-corrected chi connectivity index (χ2v) is 9.49. The Morgan fingerprint density at radius 2 is 2.00 bits per heavy atom. The number of Topliss-reactive ketones (excluding diaryl/α,β-unsaturated/α-hetero) is 1. The number of carbonyl (C=O) groups excluding carboxylic acids is 2. The summed E-state index contributed by atoms with van der Waals surface area (Å²) in [6.07, 6.45) is 8.93. The maximum atomic E-state index is 13.3. The Balaban J connectivity index is 1.38. The maximum Gasteiger partial charge on any atom is 0.209 e. The first-order chi connectivity index (χ1) is 16.9. The van der Waals surface area contributed by atoms with Gasteiger partial charge in [0, 0.05) is 36.5 Å². The molecule has 1 aliphatic carbocycles. The van der Waals surface area contributed by atoms with Crippen molar-refractivity contribution in [2.24, 2.45) is 5.92 Å². The average Bonchev–Trinajstić information content (AvgIpc) is 2.88. The standard InChI is InChI=1S/C28H26N4O3/c1-28(16-29,17-30)31-20-9-6-18(7-10-20)8-11-23(33)25-22-14-19-4-2-12-32-13-3-5-21(26(19)32)27(22)35-15-24(25)34/h4,6-11,25,31H,2-3,5,12-15H2,1H3. The number of nitrogens with zero attached hydrogens (tertiary/aromatic N) is 3. The summed E-state index contributed by atoms with van der Waals surface area (Å²) in [6.45, 7) is 3.49. The number of ketones is 2. The van der Waals surface area contributed by atoms with Gasteiger partial charge in [0.2, 0.25) is 5.54 Å². The van der Waals surface area contributed by atoms with Crippen LogP contribution in [-0.2, 0) is 14.3 Å². The van der Waals surface area contributed by atoms with Crippen molar-refractivity contribution in [1.29, 1.82) is 10.5 Å². The minimum Gasteiger partial charge on any atom is -0.485 e. The van der Waals surface area contributed by atoms with E-state index >= 15 is 0 Å². The Morgan fingerprint density at radius 1 is 1.23 bits per heavy atom. The largest absolute Gasteiger partial charge is 0.485 e. The molecule has 5 rings (SSSR count). The Kier molecular flexibility index (Phi) is 5.78. The molecule has 0 amide bonds. The first kappa shape index (κ1) is 22.7. The molecule has 1 unspecified atom stereocenters. The molecule has 1 aromatic carbocycles. The predicted octanol–water partition coefficient (Wildman–Crippen LogP) is 4.04.